The minimum Gasteiger partial charge on any atom is -0.394 e. The van der Waals surface area contributed by atoms with Crippen LogP contribution in [0.25, 0.3) is 6.08 Å². The summed E-state index contributed by atoms with van der Waals surface area (Å²) in [5.41, 5.74) is 3.01. The van der Waals surface area contributed by atoms with Gasteiger partial charge in [0, 0.05) is 6.08 Å². The van der Waals surface area contributed by atoms with Gasteiger partial charge in [0.15, 0.2) is 0 Å². The van der Waals surface area contributed by atoms with E-state index in [0.29, 0.717) is 6.61 Å². The summed E-state index contributed by atoms with van der Waals surface area (Å²) in [7, 11) is 0. The standard InChI is InChI=1S/C11H12O3.C4H11NO4/c1-2-13-14-11(12)9-8-10-6-4-3-5-7-10;6-1-3-8-5-9-4-2-7/h3-9H,2H2,1H3;5-7H,1-4H2. The molecule has 0 amide bonds. The number of aliphatic hydroxyl groups is 2. The Hall–Kier alpha value is -1.81. The average molecular weight is 329 g/mol. The summed E-state index contributed by atoms with van der Waals surface area (Å²) in [6.07, 6.45) is 2.99. The van der Waals surface area contributed by atoms with E-state index in [0.717, 1.165) is 5.56 Å². The van der Waals surface area contributed by atoms with Crippen LogP contribution < -0.4 is 5.64 Å². The summed E-state index contributed by atoms with van der Waals surface area (Å²) < 4.78 is 0. The van der Waals surface area contributed by atoms with Crippen LogP contribution in [0.1, 0.15) is 12.5 Å². The highest BCUT2D eigenvalue weighted by Crippen LogP contribution is 2.00. The van der Waals surface area contributed by atoms with Crippen molar-refractivity contribution in [2.45, 2.75) is 6.92 Å². The smallest absolute Gasteiger partial charge is 0.365 e. The maximum absolute atomic E-state index is 10.9. The summed E-state index contributed by atoms with van der Waals surface area (Å²) in [6, 6.07) is 9.49. The van der Waals surface area contributed by atoms with Crippen molar-refractivity contribution < 1.29 is 34.5 Å². The Bertz CT molecular complexity index is 406. The average Bonchev–Trinajstić information content (AvgIpc) is 2.59. The number of carbonyl (C=O) groups excluding carboxylic acids is 1. The third-order valence-electron chi connectivity index (χ3n) is 1.97. The summed E-state index contributed by atoms with van der Waals surface area (Å²) in [5, 5.41) is 16.3. The lowest BCUT2D eigenvalue weighted by Crippen LogP contribution is -2.19. The number of nitrogens with one attached hydrogen (secondary N) is 1. The molecule has 0 aromatic heterocycles. The molecule has 3 N–H and O–H groups in total. The van der Waals surface area contributed by atoms with E-state index < -0.39 is 5.97 Å². The van der Waals surface area contributed by atoms with Crippen molar-refractivity contribution in [1.29, 1.82) is 0 Å². The van der Waals surface area contributed by atoms with E-state index >= 15 is 0 Å². The fourth-order valence-corrected chi connectivity index (χ4v) is 1.09. The molecule has 1 aromatic rings. The van der Waals surface area contributed by atoms with Crippen molar-refractivity contribution in [1.82, 2.24) is 5.64 Å². The fraction of sp³-hybridized carbons (Fsp3) is 0.400. The van der Waals surface area contributed by atoms with Gasteiger partial charge in [-0.3, -0.25) is 14.6 Å². The van der Waals surface area contributed by atoms with E-state index in [1.165, 1.54) is 6.08 Å². The van der Waals surface area contributed by atoms with Crippen LogP contribution in [-0.4, -0.2) is 49.2 Å². The van der Waals surface area contributed by atoms with Crippen molar-refractivity contribution in [3.63, 3.8) is 0 Å². The molecule has 0 unspecified atom stereocenters. The molecule has 0 heterocycles. The minimum absolute atomic E-state index is 0.0600. The van der Waals surface area contributed by atoms with Crippen molar-refractivity contribution in [3.05, 3.63) is 42.0 Å². The molecule has 0 saturated carbocycles. The number of hydrogen-bond donors (Lipinski definition) is 3. The van der Waals surface area contributed by atoms with E-state index in [1.807, 2.05) is 30.3 Å². The lowest BCUT2D eigenvalue weighted by atomic mass is 10.2. The van der Waals surface area contributed by atoms with E-state index in [4.69, 9.17) is 10.2 Å². The molecule has 0 fully saturated rings. The highest BCUT2D eigenvalue weighted by molar-refractivity contribution is 5.86. The Kier molecular flexibility index (Phi) is 15.3. The molecule has 0 aliphatic carbocycles. The predicted molar refractivity (Wildman–Crippen MR) is 82.4 cm³/mol. The van der Waals surface area contributed by atoms with Crippen LogP contribution in [0.4, 0.5) is 0 Å². The molecule has 8 heteroatoms. The SMILES string of the molecule is CCOOC(=O)C=Cc1ccccc1.OCCONOCCO. The molecule has 0 saturated heterocycles. The number of carbonyl (C=O) groups is 1. The van der Waals surface area contributed by atoms with E-state index in [2.05, 4.69) is 25.1 Å². The first-order valence-electron chi connectivity index (χ1n) is 7.01. The zero-order valence-electron chi connectivity index (χ0n) is 13.0. The topological polar surface area (TPSA) is 106 Å². The molecule has 8 nitrogen and oxygen atoms in total. The maximum Gasteiger partial charge on any atom is 0.365 e. The van der Waals surface area contributed by atoms with Gasteiger partial charge in [-0.05, 0) is 18.6 Å². The van der Waals surface area contributed by atoms with Gasteiger partial charge in [-0.25, -0.2) is 4.79 Å². The molecule has 0 radical (unpaired) electrons. The van der Waals surface area contributed by atoms with Gasteiger partial charge in [0.25, 0.3) is 0 Å². The molecule has 130 valence electrons. The first kappa shape index (κ1) is 21.2. The van der Waals surface area contributed by atoms with Gasteiger partial charge >= 0.3 is 5.97 Å². The fourth-order valence-electron chi connectivity index (χ4n) is 1.09. The van der Waals surface area contributed by atoms with Crippen LogP contribution in [0.5, 0.6) is 0 Å². The van der Waals surface area contributed by atoms with Gasteiger partial charge in [0.05, 0.1) is 33.0 Å². The number of rotatable bonds is 10. The second-order valence-electron chi connectivity index (χ2n) is 3.78. The highest BCUT2D eigenvalue weighted by Gasteiger charge is 1.95. The van der Waals surface area contributed by atoms with Gasteiger partial charge in [-0.2, -0.15) is 4.89 Å². The summed E-state index contributed by atoms with van der Waals surface area (Å²) in [6.45, 7) is 2.32. The molecule has 0 atom stereocenters. The molecule has 0 aliphatic rings. The van der Waals surface area contributed by atoms with Crippen LogP contribution in [-0.2, 0) is 24.2 Å². The zero-order valence-corrected chi connectivity index (χ0v) is 13.0. The first-order valence-corrected chi connectivity index (χ1v) is 7.01. The van der Waals surface area contributed by atoms with E-state index in [9.17, 15) is 4.79 Å². The van der Waals surface area contributed by atoms with Crippen molar-refractivity contribution in [3.8, 4) is 0 Å². The molecule has 1 aromatic carbocycles. The van der Waals surface area contributed by atoms with Crippen LogP contribution in [0.15, 0.2) is 36.4 Å². The molecule has 23 heavy (non-hydrogen) atoms. The Morgan fingerprint density at radius 2 is 1.74 bits per heavy atom. The third-order valence-corrected chi connectivity index (χ3v) is 1.97. The van der Waals surface area contributed by atoms with Crippen molar-refractivity contribution in [2.75, 3.05) is 33.0 Å². The molecular formula is C15H23NO7. The van der Waals surface area contributed by atoms with Gasteiger partial charge in [-0.1, -0.05) is 36.0 Å². The van der Waals surface area contributed by atoms with E-state index in [-0.39, 0.29) is 26.4 Å². The largest absolute Gasteiger partial charge is 0.394 e. The normalized spacial score (nSPS) is 10.2. The van der Waals surface area contributed by atoms with Crippen molar-refractivity contribution >= 4 is 12.0 Å². The van der Waals surface area contributed by atoms with Crippen LogP contribution in [0, 0.1) is 0 Å². The Morgan fingerprint density at radius 3 is 2.26 bits per heavy atom. The first-order chi connectivity index (χ1) is 11.2. The zero-order chi connectivity index (χ0) is 17.2. The summed E-state index contributed by atoms with van der Waals surface area (Å²) in [4.78, 5) is 28.7. The number of benzene rings is 1. The lowest BCUT2D eigenvalue weighted by molar-refractivity contribution is -0.264. The number of hydrogen-bond acceptors (Lipinski definition) is 8. The second kappa shape index (κ2) is 16.6. The maximum atomic E-state index is 10.9. The minimum atomic E-state index is -0.504. The summed E-state index contributed by atoms with van der Waals surface area (Å²) in [5.74, 6) is -0.504. The molecule has 1 rings (SSSR count). The monoisotopic (exact) mass is 329 g/mol. The molecule has 0 aliphatic heterocycles. The Morgan fingerprint density at radius 1 is 1.13 bits per heavy atom. The van der Waals surface area contributed by atoms with Gasteiger partial charge in [0.1, 0.15) is 0 Å². The molecule has 0 spiro atoms. The van der Waals surface area contributed by atoms with Crippen molar-refractivity contribution in [2.24, 2.45) is 0 Å². The van der Waals surface area contributed by atoms with Crippen LogP contribution in [0.3, 0.4) is 0 Å². The Balaban J connectivity index is 0.000000468. The van der Waals surface area contributed by atoms with Gasteiger partial charge < -0.3 is 10.2 Å². The second-order valence-corrected chi connectivity index (χ2v) is 3.78. The van der Waals surface area contributed by atoms with Gasteiger partial charge in [-0.15, -0.1) is 0 Å². The predicted octanol–water partition coefficient (Wildman–Crippen LogP) is 0.618. The van der Waals surface area contributed by atoms with Gasteiger partial charge in [0.2, 0.25) is 0 Å². The summed E-state index contributed by atoms with van der Waals surface area (Å²) >= 11 is 0. The quantitative estimate of drug-likeness (QED) is 0.248. The lowest BCUT2D eigenvalue weighted by Gasteiger charge is -2.01. The van der Waals surface area contributed by atoms with Crippen LogP contribution in [0.2, 0.25) is 0 Å². The number of aliphatic hydroxyl groups excluding tert-OH is 2. The third kappa shape index (κ3) is 14.9. The molecular weight excluding hydrogens is 306 g/mol. The highest BCUT2D eigenvalue weighted by atomic mass is 17.2. The molecule has 0 bridgehead atoms. The van der Waals surface area contributed by atoms with E-state index in [1.54, 1.807) is 13.0 Å². The van der Waals surface area contributed by atoms with Crippen LogP contribution >= 0.6 is 0 Å². The Labute approximate surface area is 135 Å².